The summed E-state index contributed by atoms with van der Waals surface area (Å²) in [5.74, 6) is 1.63. The lowest BCUT2D eigenvalue weighted by Gasteiger charge is -2.32. The van der Waals surface area contributed by atoms with Gasteiger partial charge in [0.1, 0.15) is 5.82 Å². The lowest BCUT2D eigenvalue weighted by molar-refractivity contribution is 0.345. The molecule has 3 aromatic rings. The summed E-state index contributed by atoms with van der Waals surface area (Å²) in [5, 5.41) is 1.26. The lowest BCUT2D eigenvalue weighted by atomic mass is 9.78. The number of benzene rings is 1. The molecule has 4 rings (SSSR count). The van der Waals surface area contributed by atoms with Gasteiger partial charge in [-0.15, -0.1) is 0 Å². The van der Waals surface area contributed by atoms with E-state index in [-0.39, 0.29) is 0 Å². The second kappa shape index (κ2) is 6.37. The topological polar surface area (TPSA) is 86.0 Å². The third kappa shape index (κ3) is 3.17. The molecule has 2 aromatic heterocycles. The molecule has 1 fully saturated rings. The third-order valence-corrected chi connectivity index (χ3v) is 5.09. The molecule has 0 unspecified atom stereocenters. The number of hydrogen-bond donors (Lipinski definition) is 2. The van der Waals surface area contributed by atoms with Crippen molar-refractivity contribution in [1.29, 1.82) is 0 Å². The minimum Gasteiger partial charge on any atom is -0.368 e. The summed E-state index contributed by atoms with van der Waals surface area (Å²) < 4.78 is 2.27. The van der Waals surface area contributed by atoms with E-state index in [1.54, 1.807) is 0 Å². The second-order valence-electron chi connectivity index (χ2n) is 6.93. The van der Waals surface area contributed by atoms with Gasteiger partial charge in [-0.3, -0.25) is 0 Å². The Morgan fingerprint density at radius 3 is 2.80 bits per heavy atom. The highest BCUT2D eigenvalue weighted by Crippen LogP contribution is 2.35. The average molecular weight is 336 g/mol. The van der Waals surface area contributed by atoms with Crippen LogP contribution >= 0.6 is 0 Å². The maximum Gasteiger partial charge on any atom is 0.222 e. The Hall–Kier alpha value is -2.60. The van der Waals surface area contributed by atoms with Gasteiger partial charge in [-0.25, -0.2) is 4.98 Å². The van der Waals surface area contributed by atoms with Crippen molar-refractivity contribution in [2.45, 2.75) is 31.3 Å². The third-order valence-electron chi connectivity index (χ3n) is 5.09. The van der Waals surface area contributed by atoms with Gasteiger partial charge in [-0.1, -0.05) is 18.2 Å². The summed E-state index contributed by atoms with van der Waals surface area (Å²) in [6, 6.07) is 12.9. The maximum absolute atomic E-state index is 5.93. The zero-order valence-electron chi connectivity index (χ0n) is 14.5. The first-order chi connectivity index (χ1) is 12.1. The zero-order valence-corrected chi connectivity index (χ0v) is 14.5. The summed E-state index contributed by atoms with van der Waals surface area (Å²) in [4.78, 5) is 10.9. The van der Waals surface area contributed by atoms with Gasteiger partial charge in [0.2, 0.25) is 5.95 Å². The molecule has 1 aliphatic rings. The van der Waals surface area contributed by atoms with Gasteiger partial charge < -0.3 is 20.9 Å². The SMILES string of the molecule is CN(CCn1ccc2ccccc21)c1cc(C2CC(N)C2)nc(N)n1. The molecule has 6 nitrogen and oxygen atoms in total. The minimum absolute atomic E-state index is 0.296. The number of para-hydroxylation sites is 1. The van der Waals surface area contributed by atoms with Crippen molar-refractivity contribution in [1.82, 2.24) is 14.5 Å². The minimum atomic E-state index is 0.296. The number of hydrogen-bond acceptors (Lipinski definition) is 5. The van der Waals surface area contributed by atoms with Crippen molar-refractivity contribution < 1.29 is 0 Å². The summed E-state index contributed by atoms with van der Waals surface area (Å²) in [6.45, 7) is 1.73. The van der Waals surface area contributed by atoms with E-state index < -0.39 is 0 Å². The predicted molar refractivity (Wildman–Crippen MR) is 102 cm³/mol. The number of likely N-dealkylation sites (N-methyl/N-ethyl adjacent to an activating group) is 1. The molecule has 0 atom stereocenters. The molecule has 0 bridgehead atoms. The van der Waals surface area contributed by atoms with Crippen LogP contribution in [0.15, 0.2) is 42.6 Å². The van der Waals surface area contributed by atoms with Gasteiger partial charge >= 0.3 is 0 Å². The Bertz CT molecular complexity index is 881. The monoisotopic (exact) mass is 336 g/mol. The first-order valence-electron chi connectivity index (χ1n) is 8.75. The molecular formula is C19H24N6. The van der Waals surface area contributed by atoms with Gasteiger partial charge in [0.05, 0.1) is 5.69 Å². The van der Waals surface area contributed by atoms with E-state index in [9.17, 15) is 0 Å². The highest BCUT2D eigenvalue weighted by Gasteiger charge is 2.29. The van der Waals surface area contributed by atoms with Crippen LogP contribution in [0.2, 0.25) is 0 Å². The Labute approximate surface area is 147 Å². The van der Waals surface area contributed by atoms with E-state index >= 15 is 0 Å². The van der Waals surface area contributed by atoms with Crippen LogP contribution in [0.3, 0.4) is 0 Å². The number of nitrogens with zero attached hydrogens (tertiary/aromatic N) is 4. The molecular weight excluding hydrogens is 312 g/mol. The van der Waals surface area contributed by atoms with Crippen LogP contribution in [0, 0.1) is 0 Å². The van der Waals surface area contributed by atoms with Crippen LogP contribution < -0.4 is 16.4 Å². The van der Waals surface area contributed by atoms with E-state index in [4.69, 9.17) is 11.5 Å². The van der Waals surface area contributed by atoms with E-state index in [0.717, 1.165) is 37.4 Å². The van der Waals surface area contributed by atoms with Crippen LogP contribution in [0.5, 0.6) is 0 Å². The van der Waals surface area contributed by atoms with Crippen molar-refractivity contribution in [2.24, 2.45) is 5.73 Å². The van der Waals surface area contributed by atoms with Gasteiger partial charge in [0.15, 0.2) is 0 Å². The highest BCUT2D eigenvalue weighted by atomic mass is 15.2. The first-order valence-corrected chi connectivity index (χ1v) is 8.75. The number of aromatic nitrogens is 3. The van der Waals surface area contributed by atoms with E-state index in [1.807, 2.05) is 7.05 Å². The fraction of sp³-hybridized carbons (Fsp3) is 0.368. The lowest BCUT2D eigenvalue weighted by Crippen LogP contribution is -2.35. The molecule has 0 saturated heterocycles. The van der Waals surface area contributed by atoms with Gasteiger partial charge in [0.25, 0.3) is 0 Å². The molecule has 130 valence electrons. The molecule has 25 heavy (non-hydrogen) atoms. The average Bonchev–Trinajstić information content (AvgIpc) is 2.99. The molecule has 0 aliphatic heterocycles. The smallest absolute Gasteiger partial charge is 0.222 e. The van der Waals surface area contributed by atoms with Crippen LogP contribution in [0.4, 0.5) is 11.8 Å². The Morgan fingerprint density at radius 2 is 2.00 bits per heavy atom. The number of rotatable bonds is 5. The first kappa shape index (κ1) is 15.9. The Morgan fingerprint density at radius 1 is 1.20 bits per heavy atom. The summed E-state index contributed by atoms with van der Waals surface area (Å²) >= 11 is 0. The Kier molecular flexibility index (Phi) is 4.05. The molecule has 0 radical (unpaired) electrons. The number of anilines is 2. The van der Waals surface area contributed by atoms with E-state index in [0.29, 0.717) is 17.9 Å². The number of nitrogens with two attached hydrogens (primary N) is 2. The molecule has 0 amide bonds. The second-order valence-corrected chi connectivity index (χ2v) is 6.93. The normalized spacial score (nSPS) is 19.8. The summed E-state index contributed by atoms with van der Waals surface area (Å²) in [5.41, 5.74) is 14.1. The fourth-order valence-electron chi connectivity index (χ4n) is 3.49. The van der Waals surface area contributed by atoms with Crippen LogP contribution in [-0.4, -0.2) is 34.2 Å². The molecule has 4 N–H and O–H groups in total. The van der Waals surface area contributed by atoms with Crippen molar-refractivity contribution >= 4 is 22.7 Å². The van der Waals surface area contributed by atoms with Crippen molar-refractivity contribution in [3.05, 3.63) is 48.3 Å². The maximum atomic E-state index is 5.93. The van der Waals surface area contributed by atoms with Gasteiger partial charge in [0, 0.05) is 49.9 Å². The highest BCUT2D eigenvalue weighted by molar-refractivity contribution is 5.79. The van der Waals surface area contributed by atoms with Gasteiger partial charge in [-0.05, 0) is 30.4 Å². The largest absolute Gasteiger partial charge is 0.368 e. The molecule has 1 aliphatic carbocycles. The van der Waals surface area contributed by atoms with Crippen molar-refractivity contribution in [2.75, 3.05) is 24.2 Å². The quantitative estimate of drug-likeness (QED) is 0.747. The van der Waals surface area contributed by atoms with Crippen molar-refractivity contribution in [3.63, 3.8) is 0 Å². The van der Waals surface area contributed by atoms with E-state index in [1.165, 1.54) is 10.9 Å². The molecule has 2 heterocycles. The number of nitrogen functional groups attached to an aromatic ring is 1. The summed E-state index contributed by atoms with van der Waals surface area (Å²) in [7, 11) is 2.05. The summed E-state index contributed by atoms with van der Waals surface area (Å²) in [6.07, 6.45) is 4.10. The predicted octanol–water partition coefficient (Wildman–Crippen LogP) is 2.35. The fourth-order valence-corrected chi connectivity index (χ4v) is 3.49. The zero-order chi connectivity index (χ0) is 17.4. The molecule has 6 heteroatoms. The van der Waals surface area contributed by atoms with Gasteiger partial charge in [-0.2, -0.15) is 4.98 Å². The standard InChI is InChI=1S/C19H24N6/c1-24(8-9-25-7-6-13-4-2-3-5-17(13)25)18-12-16(22-19(21)23-18)14-10-15(20)11-14/h2-7,12,14-15H,8-11,20H2,1H3,(H2,21,22,23). The van der Waals surface area contributed by atoms with E-state index in [2.05, 4.69) is 62.0 Å². The molecule has 1 aromatic carbocycles. The number of fused-ring (bicyclic) bond motifs is 1. The van der Waals surface area contributed by atoms with Crippen LogP contribution in [0.25, 0.3) is 10.9 Å². The van der Waals surface area contributed by atoms with Crippen LogP contribution in [-0.2, 0) is 6.54 Å². The molecule has 0 spiro atoms. The Balaban J connectivity index is 1.48. The van der Waals surface area contributed by atoms with Crippen LogP contribution in [0.1, 0.15) is 24.5 Å². The molecule has 1 saturated carbocycles. The van der Waals surface area contributed by atoms with Crippen molar-refractivity contribution in [3.8, 4) is 0 Å².